The second kappa shape index (κ2) is 10.2. The van der Waals surface area contributed by atoms with E-state index in [0.717, 1.165) is 12.1 Å². The lowest BCUT2D eigenvalue weighted by Crippen LogP contribution is -2.46. The molecule has 4 rings (SSSR count). The molecule has 0 amide bonds. The topological polar surface area (TPSA) is 67.6 Å². The number of nitrogens with one attached hydrogen (secondary N) is 1. The molecule has 202 valence electrons. The third kappa shape index (κ3) is 5.78. The van der Waals surface area contributed by atoms with E-state index in [9.17, 15) is 13.2 Å². The van der Waals surface area contributed by atoms with Crippen molar-refractivity contribution < 1.29 is 17.9 Å². The molecule has 0 aliphatic carbocycles. The number of benzene rings is 2. The van der Waals surface area contributed by atoms with Crippen LogP contribution in [0.1, 0.15) is 46.4 Å². The highest BCUT2D eigenvalue weighted by Gasteiger charge is 2.45. The van der Waals surface area contributed by atoms with Gasteiger partial charge in [0, 0.05) is 10.7 Å². The van der Waals surface area contributed by atoms with Gasteiger partial charge in [0.05, 0.1) is 11.1 Å². The molecule has 1 N–H and O–H groups in total. The molecule has 0 radical (unpaired) electrons. The molecular weight excluding hydrogens is 537 g/mol. The number of ether oxygens (including phenoxy) is 1. The number of hydrogen-bond acceptors (Lipinski definition) is 5. The quantitative estimate of drug-likeness (QED) is 0.344. The summed E-state index contributed by atoms with van der Waals surface area (Å²) in [7, 11) is 0. The molecule has 1 aliphatic rings. The van der Waals surface area contributed by atoms with Crippen LogP contribution in [0.5, 0.6) is 5.75 Å². The van der Waals surface area contributed by atoms with Gasteiger partial charge in [-0.3, -0.25) is 4.99 Å². The number of hydrogen-bond donors (Lipinski definition) is 1. The summed E-state index contributed by atoms with van der Waals surface area (Å²) in [6.45, 7) is 9.75. The molecule has 1 aliphatic heterocycles. The van der Waals surface area contributed by atoms with Gasteiger partial charge in [0.2, 0.25) is 6.23 Å². The Morgan fingerprint density at radius 1 is 1.11 bits per heavy atom. The first-order chi connectivity index (χ1) is 17.7. The van der Waals surface area contributed by atoms with E-state index in [2.05, 4.69) is 15.4 Å². The lowest BCUT2D eigenvalue weighted by atomic mass is 9.85. The molecule has 12 heteroatoms. The number of alkyl halides is 3. The van der Waals surface area contributed by atoms with Crippen molar-refractivity contribution in [2.75, 3.05) is 4.90 Å². The van der Waals surface area contributed by atoms with Crippen LogP contribution in [0.15, 0.2) is 66.2 Å². The molecule has 0 bridgehead atoms. The highest BCUT2D eigenvalue weighted by Crippen LogP contribution is 2.38. The standard InChI is InChI=1S/C26H28ClF3N6OS/c1-24(2,3)20(21(35-15-31-14-32-35)37-19-11-9-17(27)10-12-19)33-22-25(4,5)36(23(38)34-22)18-8-6-7-16(13-18)26(28,29)30/h6-15,20-21H,1-5H3,(H,33,34,38). The normalized spacial score (nSPS) is 18.4. The van der Waals surface area contributed by atoms with Crippen molar-refractivity contribution >= 4 is 40.5 Å². The Hall–Kier alpha value is -3.18. The summed E-state index contributed by atoms with van der Waals surface area (Å²) in [5.74, 6) is 1.05. The van der Waals surface area contributed by atoms with E-state index in [0.29, 0.717) is 22.3 Å². The van der Waals surface area contributed by atoms with Gasteiger partial charge in [-0.05, 0) is 73.9 Å². The molecule has 7 nitrogen and oxygen atoms in total. The smallest absolute Gasteiger partial charge is 0.416 e. The Morgan fingerprint density at radius 3 is 2.37 bits per heavy atom. The van der Waals surface area contributed by atoms with Crippen molar-refractivity contribution in [2.45, 2.75) is 58.6 Å². The molecule has 1 fully saturated rings. The predicted octanol–water partition coefficient (Wildman–Crippen LogP) is 6.51. The van der Waals surface area contributed by atoms with Crippen LogP contribution in [-0.4, -0.2) is 37.3 Å². The van der Waals surface area contributed by atoms with Crippen LogP contribution < -0.4 is 15.0 Å². The van der Waals surface area contributed by atoms with Crippen LogP contribution in [0, 0.1) is 5.41 Å². The molecule has 2 heterocycles. The maximum Gasteiger partial charge on any atom is 0.416 e. The Bertz CT molecular complexity index is 1320. The SMILES string of the molecule is CC(C)(C)C(N=C1NC(=S)N(c2cccc(C(F)(F)F)c2)C1(C)C)C(Oc1ccc(Cl)cc1)n1cncn1. The monoisotopic (exact) mass is 564 g/mol. The Labute approximate surface area is 229 Å². The van der Waals surface area contributed by atoms with E-state index in [1.54, 1.807) is 46.2 Å². The van der Waals surface area contributed by atoms with E-state index in [1.165, 1.54) is 12.4 Å². The van der Waals surface area contributed by atoms with Gasteiger partial charge < -0.3 is 15.0 Å². The van der Waals surface area contributed by atoms with Crippen molar-refractivity contribution in [3.63, 3.8) is 0 Å². The Balaban J connectivity index is 1.76. The Kier molecular flexibility index (Phi) is 7.46. The Morgan fingerprint density at radius 2 is 1.79 bits per heavy atom. The first-order valence-corrected chi connectivity index (χ1v) is 12.6. The molecule has 1 aromatic heterocycles. The number of nitrogens with zero attached hydrogens (tertiary/aromatic N) is 5. The average molecular weight is 565 g/mol. The summed E-state index contributed by atoms with van der Waals surface area (Å²) in [4.78, 5) is 10.8. The summed E-state index contributed by atoms with van der Waals surface area (Å²) in [5.41, 5.74) is -1.78. The van der Waals surface area contributed by atoms with Crippen molar-refractivity contribution in [2.24, 2.45) is 10.4 Å². The van der Waals surface area contributed by atoms with Crippen molar-refractivity contribution in [3.05, 3.63) is 71.8 Å². The molecule has 0 spiro atoms. The van der Waals surface area contributed by atoms with Crippen LogP contribution >= 0.6 is 23.8 Å². The fraction of sp³-hybridized carbons (Fsp3) is 0.385. The van der Waals surface area contributed by atoms with Gasteiger partial charge in [0.1, 0.15) is 30.3 Å². The maximum atomic E-state index is 13.4. The van der Waals surface area contributed by atoms with E-state index >= 15 is 0 Å². The zero-order valence-corrected chi connectivity index (χ0v) is 23.1. The lowest BCUT2D eigenvalue weighted by molar-refractivity contribution is -0.137. The van der Waals surface area contributed by atoms with Gasteiger partial charge in [0.25, 0.3) is 0 Å². The third-order valence-corrected chi connectivity index (χ3v) is 6.73. The predicted molar refractivity (Wildman–Crippen MR) is 146 cm³/mol. The van der Waals surface area contributed by atoms with Crippen molar-refractivity contribution in [1.82, 2.24) is 20.1 Å². The summed E-state index contributed by atoms with van der Waals surface area (Å²) in [6, 6.07) is 11.5. The minimum absolute atomic E-state index is 0.247. The number of rotatable bonds is 6. The van der Waals surface area contributed by atoms with Crippen LogP contribution in [0.3, 0.4) is 0 Å². The highest BCUT2D eigenvalue weighted by atomic mass is 35.5. The summed E-state index contributed by atoms with van der Waals surface area (Å²) in [5, 5.41) is 8.26. The minimum atomic E-state index is -4.48. The second-order valence-corrected chi connectivity index (χ2v) is 11.3. The van der Waals surface area contributed by atoms with Gasteiger partial charge in [-0.2, -0.15) is 18.3 Å². The van der Waals surface area contributed by atoms with Crippen LogP contribution in [-0.2, 0) is 6.18 Å². The van der Waals surface area contributed by atoms with E-state index in [4.69, 9.17) is 33.5 Å². The van der Waals surface area contributed by atoms with Gasteiger partial charge >= 0.3 is 6.18 Å². The van der Waals surface area contributed by atoms with Gasteiger partial charge in [0.15, 0.2) is 5.11 Å². The van der Waals surface area contributed by atoms with Crippen LogP contribution in [0.2, 0.25) is 5.02 Å². The second-order valence-electron chi connectivity index (χ2n) is 10.5. The lowest BCUT2D eigenvalue weighted by Gasteiger charge is -2.36. The molecular formula is C26H28ClF3N6OS. The van der Waals surface area contributed by atoms with E-state index < -0.39 is 35.0 Å². The van der Waals surface area contributed by atoms with Gasteiger partial charge in [-0.25, -0.2) is 9.67 Å². The van der Waals surface area contributed by atoms with E-state index in [1.807, 2.05) is 34.6 Å². The van der Waals surface area contributed by atoms with Crippen LogP contribution in [0.25, 0.3) is 0 Å². The third-order valence-electron chi connectivity index (χ3n) is 6.19. The zero-order valence-electron chi connectivity index (χ0n) is 21.5. The van der Waals surface area contributed by atoms with Crippen LogP contribution in [0.4, 0.5) is 18.9 Å². The molecule has 1 saturated heterocycles. The minimum Gasteiger partial charge on any atom is -0.466 e. The molecule has 2 unspecified atom stereocenters. The molecule has 38 heavy (non-hydrogen) atoms. The zero-order chi connectivity index (χ0) is 27.9. The number of amidine groups is 1. The fourth-order valence-corrected chi connectivity index (χ4v) is 4.77. The largest absolute Gasteiger partial charge is 0.466 e. The summed E-state index contributed by atoms with van der Waals surface area (Å²) < 4.78 is 48.2. The number of halogens is 4. The van der Waals surface area contributed by atoms with E-state index in [-0.39, 0.29) is 5.11 Å². The molecule has 0 saturated carbocycles. The van der Waals surface area contributed by atoms with Gasteiger partial charge in [-0.1, -0.05) is 38.4 Å². The highest BCUT2D eigenvalue weighted by molar-refractivity contribution is 7.80. The van der Waals surface area contributed by atoms with Crippen molar-refractivity contribution in [3.8, 4) is 5.75 Å². The maximum absolute atomic E-state index is 13.4. The summed E-state index contributed by atoms with van der Waals surface area (Å²) in [6.07, 6.45) is -2.23. The first kappa shape index (κ1) is 27.8. The number of aliphatic imine (C=N–C) groups is 1. The number of anilines is 1. The molecule has 2 atom stereocenters. The first-order valence-electron chi connectivity index (χ1n) is 11.8. The summed E-state index contributed by atoms with van der Waals surface area (Å²) >= 11 is 11.6. The van der Waals surface area contributed by atoms with Crippen molar-refractivity contribution in [1.29, 1.82) is 0 Å². The van der Waals surface area contributed by atoms with Gasteiger partial charge in [-0.15, -0.1) is 0 Å². The fourth-order valence-electron chi connectivity index (χ4n) is 4.21. The molecule has 2 aromatic carbocycles. The average Bonchev–Trinajstić information content (AvgIpc) is 3.42. The number of thiocarbonyl (C=S) groups is 1. The number of aromatic nitrogens is 3. The molecule has 3 aromatic rings.